The molecular formula is C21H23ClN4O. The van der Waals surface area contributed by atoms with Gasteiger partial charge in [-0.3, -0.25) is 4.68 Å². The minimum Gasteiger partial charge on any atom is -0.308 e. The fourth-order valence-corrected chi connectivity index (χ4v) is 3.18. The summed E-state index contributed by atoms with van der Waals surface area (Å²) in [6.07, 6.45) is 1.62. The first-order valence-electron chi connectivity index (χ1n) is 8.81. The van der Waals surface area contributed by atoms with Crippen LogP contribution in [-0.2, 0) is 7.05 Å². The van der Waals surface area contributed by atoms with E-state index in [0.717, 1.165) is 22.5 Å². The molecule has 3 rings (SSSR count). The third-order valence-electron chi connectivity index (χ3n) is 4.48. The van der Waals surface area contributed by atoms with Gasteiger partial charge in [0.15, 0.2) is 0 Å². The average molecular weight is 383 g/mol. The molecule has 0 atom stereocenters. The molecular weight excluding hydrogens is 360 g/mol. The largest absolute Gasteiger partial charge is 0.323 e. The van der Waals surface area contributed by atoms with Crippen LogP contribution in [-0.4, -0.2) is 15.8 Å². The highest BCUT2D eigenvalue weighted by Gasteiger charge is 2.13. The summed E-state index contributed by atoms with van der Waals surface area (Å²) in [5.41, 5.74) is 5.47. The van der Waals surface area contributed by atoms with E-state index in [1.165, 1.54) is 5.56 Å². The van der Waals surface area contributed by atoms with Crippen molar-refractivity contribution in [3.8, 4) is 11.3 Å². The zero-order chi connectivity index (χ0) is 19.6. The summed E-state index contributed by atoms with van der Waals surface area (Å²) in [5.74, 6) is 0.456. The summed E-state index contributed by atoms with van der Waals surface area (Å²) in [5, 5.41) is 10.5. The first kappa shape index (κ1) is 19.0. The van der Waals surface area contributed by atoms with E-state index in [9.17, 15) is 4.79 Å². The van der Waals surface area contributed by atoms with Crippen LogP contribution in [0.4, 0.5) is 16.2 Å². The SMILES string of the molecule is Cc1ccc(NC(=O)Nc2ccc(C(C)C)cc2)cc1-c1c(Cl)cnn1C. The third kappa shape index (κ3) is 4.31. The van der Waals surface area contributed by atoms with Crippen LogP contribution in [0.25, 0.3) is 11.3 Å². The molecule has 140 valence electrons. The number of amides is 2. The lowest BCUT2D eigenvalue weighted by Crippen LogP contribution is -2.19. The molecule has 0 spiro atoms. The van der Waals surface area contributed by atoms with Crippen LogP contribution in [0.5, 0.6) is 0 Å². The highest BCUT2D eigenvalue weighted by Crippen LogP contribution is 2.31. The topological polar surface area (TPSA) is 59.0 Å². The number of urea groups is 1. The van der Waals surface area contributed by atoms with Gasteiger partial charge in [0.05, 0.1) is 16.9 Å². The van der Waals surface area contributed by atoms with Crippen LogP contribution < -0.4 is 10.6 Å². The van der Waals surface area contributed by atoms with E-state index in [2.05, 4.69) is 29.6 Å². The van der Waals surface area contributed by atoms with Crippen molar-refractivity contribution in [1.82, 2.24) is 9.78 Å². The third-order valence-corrected chi connectivity index (χ3v) is 4.76. The van der Waals surface area contributed by atoms with Crippen molar-refractivity contribution in [2.45, 2.75) is 26.7 Å². The molecule has 1 heterocycles. The summed E-state index contributed by atoms with van der Waals surface area (Å²) >= 11 is 6.27. The molecule has 2 aromatic carbocycles. The molecule has 0 saturated carbocycles. The monoisotopic (exact) mass is 382 g/mol. The highest BCUT2D eigenvalue weighted by molar-refractivity contribution is 6.33. The Morgan fingerprint density at radius 1 is 1.07 bits per heavy atom. The van der Waals surface area contributed by atoms with E-state index in [1.54, 1.807) is 10.9 Å². The van der Waals surface area contributed by atoms with Gasteiger partial charge in [-0.2, -0.15) is 5.10 Å². The summed E-state index contributed by atoms with van der Waals surface area (Å²) in [4.78, 5) is 12.4. The number of hydrogen-bond donors (Lipinski definition) is 2. The second kappa shape index (κ2) is 7.84. The average Bonchev–Trinajstić information content (AvgIpc) is 2.95. The van der Waals surface area contributed by atoms with Crippen molar-refractivity contribution >= 4 is 29.0 Å². The fraction of sp³-hybridized carbons (Fsp3) is 0.238. The molecule has 0 saturated heterocycles. The van der Waals surface area contributed by atoms with Crippen molar-refractivity contribution in [2.75, 3.05) is 10.6 Å². The number of carbonyl (C=O) groups excluding carboxylic acids is 1. The number of aryl methyl sites for hydroxylation is 2. The second-order valence-corrected chi connectivity index (χ2v) is 7.26. The number of hydrogen-bond acceptors (Lipinski definition) is 2. The first-order chi connectivity index (χ1) is 12.8. The Hall–Kier alpha value is -2.79. The van der Waals surface area contributed by atoms with Gasteiger partial charge in [0.1, 0.15) is 0 Å². The molecule has 1 aromatic heterocycles. The molecule has 0 radical (unpaired) electrons. The van der Waals surface area contributed by atoms with Gasteiger partial charge in [-0.1, -0.05) is 43.6 Å². The van der Waals surface area contributed by atoms with Crippen molar-refractivity contribution < 1.29 is 4.79 Å². The maximum absolute atomic E-state index is 12.4. The lowest BCUT2D eigenvalue weighted by atomic mass is 10.0. The van der Waals surface area contributed by atoms with Crippen LogP contribution in [0.15, 0.2) is 48.7 Å². The Morgan fingerprint density at radius 3 is 2.30 bits per heavy atom. The predicted molar refractivity (Wildman–Crippen MR) is 112 cm³/mol. The molecule has 2 amide bonds. The van der Waals surface area contributed by atoms with Gasteiger partial charge in [-0.05, 0) is 48.2 Å². The number of nitrogens with one attached hydrogen (secondary N) is 2. The van der Waals surface area contributed by atoms with Crippen LogP contribution in [0.3, 0.4) is 0 Å². The quantitative estimate of drug-likeness (QED) is 0.597. The van der Waals surface area contributed by atoms with E-state index in [-0.39, 0.29) is 6.03 Å². The zero-order valence-electron chi connectivity index (χ0n) is 15.9. The van der Waals surface area contributed by atoms with Gasteiger partial charge in [-0.25, -0.2) is 4.79 Å². The maximum atomic E-state index is 12.4. The molecule has 27 heavy (non-hydrogen) atoms. The van der Waals surface area contributed by atoms with Crippen LogP contribution >= 0.6 is 11.6 Å². The number of benzene rings is 2. The summed E-state index contributed by atoms with van der Waals surface area (Å²) in [6.45, 7) is 6.27. The number of rotatable bonds is 4. The molecule has 0 unspecified atom stereocenters. The smallest absolute Gasteiger partial charge is 0.308 e. The van der Waals surface area contributed by atoms with Crippen molar-refractivity contribution in [3.05, 3.63) is 64.8 Å². The van der Waals surface area contributed by atoms with Gasteiger partial charge in [0.25, 0.3) is 0 Å². The number of aromatic nitrogens is 2. The van der Waals surface area contributed by atoms with Crippen LogP contribution in [0, 0.1) is 6.92 Å². The number of nitrogens with zero attached hydrogens (tertiary/aromatic N) is 2. The number of carbonyl (C=O) groups is 1. The molecule has 6 heteroatoms. The van der Waals surface area contributed by atoms with E-state index in [4.69, 9.17) is 11.6 Å². The molecule has 0 aliphatic heterocycles. The van der Waals surface area contributed by atoms with Gasteiger partial charge in [0, 0.05) is 24.0 Å². The van der Waals surface area contributed by atoms with Gasteiger partial charge < -0.3 is 10.6 Å². The molecule has 0 aliphatic rings. The standard InChI is InChI=1S/C21H23ClN4O/c1-13(2)15-6-9-16(10-7-15)24-21(27)25-17-8-5-14(3)18(11-17)20-19(22)12-23-26(20)4/h5-13H,1-4H3,(H2,24,25,27). The molecule has 5 nitrogen and oxygen atoms in total. The van der Waals surface area contributed by atoms with Crippen molar-refractivity contribution in [3.63, 3.8) is 0 Å². The molecule has 2 N–H and O–H groups in total. The minimum absolute atomic E-state index is 0.293. The van der Waals surface area contributed by atoms with Crippen molar-refractivity contribution in [1.29, 1.82) is 0 Å². The molecule has 0 fully saturated rings. The van der Waals surface area contributed by atoms with Crippen molar-refractivity contribution in [2.24, 2.45) is 7.05 Å². The van der Waals surface area contributed by atoms with E-state index < -0.39 is 0 Å². The Labute approximate surface area is 164 Å². The Bertz CT molecular complexity index is 941. The van der Waals surface area contributed by atoms with E-state index in [0.29, 0.717) is 16.6 Å². The molecule has 0 bridgehead atoms. The van der Waals surface area contributed by atoms with E-state index >= 15 is 0 Å². The molecule has 3 aromatic rings. The maximum Gasteiger partial charge on any atom is 0.323 e. The lowest BCUT2D eigenvalue weighted by Gasteiger charge is -2.12. The van der Waals surface area contributed by atoms with Gasteiger partial charge in [0.2, 0.25) is 0 Å². The normalized spacial score (nSPS) is 10.9. The Kier molecular flexibility index (Phi) is 5.51. The highest BCUT2D eigenvalue weighted by atomic mass is 35.5. The lowest BCUT2D eigenvalue weighted by molar-refractivity contribution is 0.262. The van der Waals surface area contributed by atoms with Gasteiger partial charge >= 0.3 is 6.03 Å². The van der Waals surface area contributed by atoms with Gasteiger partial charge in [-0.15, -0.1) is 0 Å². The molecule has 0 aliphatic carbocycles. The minimum atomic E-state index is -0.293. The van der Waals surface area contributed by atoms with Crippen LogP contribution in [0.1, 0.15) is 30.9 Å². The second-order valence-electron chi connectivity index (χ2n) is 6.85. The first-order valence-corrected chi connectivity index (χ1v) is 9.19. The zero-order valence-corrected chi connectivity index (χ0v) is 16.6. The summed E-state index contributed by atoms with van der Waals surface area (Å²) < 4.78 is 1.73. The number of halogens is 1. The Morgan fingerprint density at radius 2 is 1.70 bits per heavy atom. The van der Waals surface area contributed by atoms with E-state index in [1.807, 2.05) is 56.4 Å². The summed E-state index contributed by atoms with van der Waals surface area (Å²) in [7, 11) is 1.84. The Balaban J connectivity index is 1.76. The fourth-order valence-electron chi connectivity index (χ4n) is 2.91. The predicted octanol–water partition coefficient (Wildman–Crippen LogP) is 5.82. The van der Waals surface area contributed by atoms with Crippen LogP contribution in [0.2, 0.25) is 5.02 Å². The number of anilines is 2. The summed E-state index contributed by atoms with van der Waals surface area (Å²) in [6, 6.07) is 13.3.